The minimum atomic E-state index is 0.320. The summed E-state index contributed by atoms with van der Waals surface area (Å²) in [5, 5.41) is 11.4. The van der Waals surface area contributed by atoms with Crippen molar-refractivity contribution in [1.29, 1.82) is 0 Å². The molecule has 76 valence electrons. The van der Waals surface area contributed by atoms with E-state index in [1.165, 1.54) is 32.1 Å². The molecule has 0 unspecified atom stereocenters. The van der Waals surface area contributed by atoms with Gasteiger partial charge in [-0.1, -0.05) is 24.4 Å². The lowest BCUT2D eigenvalue weighted by molar-refractivity contribution is 0.269. The average molecular weight is 185 g/mol. The highest BCUT2D eigenvalue weighted by molar-refractivity contribution is 5.81. The van der Waals surface area contributed by atoms with Gasteiger partial charge in [0.25, 0.3) is 0 Å². The summed E-state index contributed by atoms with van der Waals surface area (Å²) in [4.78, 5) is 2.26. The molecule has 1 saturated heterocycles. The Balaban J connectivity index is 2.29. The van der Waals surface area contributed by atoms with Crippen LogP contribution in [0, 0.1) is 0 Å². The summed E-state index contributed by atoms with van der Waals surface area (Å²) in [6.07, 6.45) is 6.45. The molecule has 0 spiro atoms. The van der Waals surface area contributed by atoms with Crippen molar-refractivity contribution >= 4 is 5.84 Å². The van der Waals surface area contributed by atoms with Gasteiger partial charge in [0.2, 0.25) is 0 Å². The van der Waals surface area contributed by atoms with Gasteiger partial charge in [-0.15, -0.1) is 0 Å². The minimum Gasteiger partial charge on any atom is -0.409 e. The monoisotopic (exact) mass is 185 g/mol. The first-order valence-corrected chi connectivity index (χ1v) is 5.01. The number of oxime groups is 1. The van der Waals surface area contributed by atoms with Crippen molar-refractivity contribution in [1.82, 2.24) is 4.90 Å². The fourth-order valence-electron chi connectivity index (χ4n) is 1.73. The molecule has 13 heavy (non-hydrogen) atoms. The van der Waals surface area contributed by atoms with E-state index in [0.717, 1.165) is 13.1 Å². The van der Waals surface area contributed by atoms with Gasteiger partial charge < -0.3 is 10.9 Å². The molecule has 0 radical (unpaired) electrons. The molecular weight excluding hydrogens is 166 g/mol. The van der Waals surface area contributed by atoms with Crippen LogP contribution in [-0.2, 0) is 0 Å². The molecule has 0 aromatic heterocycles. The second kappa shape index (κ2) is 5.80. The van der Waals surface area contributed by atoms with E-state index in [1.807, 2.05) is 0 Å². The average Bonchev–Trinajstić information content (AvgIpc) is 2.09. The third-order valence-corrected chi connectivity index (χ3v) is 2.46. The number of likely N-dealkylation sites (tertiary alicyclic amines) is 1. The number of hydrogen-bond acceptors (Lipinski definition) is 3. The van der Waals surface area contributed by atoms with Crippen molar-refractivity contribution < 1.29 is 5.21 Å². The maximum atomic E-state index is 8.43. The van der Waals surface area contributed by atoms with E-state index >= 15 is 0 Å². The molecule has 3 N–H and O–H groups in total. The summed E-state index contributed by atoms with van der Waals surface area (Å²) in [6, 6.07) is 0. The SMILES string of the molecule is N/C(CN1CCCCCCC1)=N\O. The molecule has 4 nitrogen and oxygen atoms in total. The number of amidine groups is 1. The lowest BCUT2D eigenvalue weighted by Gasteiger charge is -2.23. The zero-order valence-electron chi connectivity index (χ0n) is 8.08. The van der Waals surface area contributed by atoms with Gasteiger partial charge in [0.05, 0.1) is 6.54 Å². The van der Waals surface area contributed by atoms with Crippen molar-refractivity contribution in [2.24, 2.45) is 10.9 Å². The molecule has 0 bridgehead atoms. The van der Waals surface area contributed by atoms with Crippen LogP contribution in [-0.4, -0.2) is 35.6 Å². The van der Waals surface area contributed by atoms with Crippen LogP contribution in [0.25, 0.3) is 0 Å². The maximum absolute atomic E-state index is 8.43. The van der Waals surface area contributed by atoms with Gasteiger partial charge in [-0.25, -0.2) is 0 Å². The summed E-state index contributed by atoms with van der Waals surface area (Å²) >= 11 is 0. The van der Waals surface area contributed by atoms with Gasteiger partial charge in [0, 0.05) is 0 Å². The first-order chi connectivity index (χ1) is 6.33. The highest BCUT2D eigenvalue weighted by atomic mass is 16.4. The summed E-state index contributed by atoms with van der Waals surface area (Å²) in [5.74, 6) is 0.320. The Morgan fingerprint density at radius 2 is 1.69 bits per heavy atom. The largest absolute Gasteiger partial charge is 0.409 e. The fourth-order valence-corrected chi connectivity index (χ4v) is 1.73. The van der Waals surface area contributed by atoms with Crippen LogP contribution < -0.4 is 5.73 Å². The number of nitrogens with two attached hydrogens (primary N) is 1. The van der Waals surface area contributed by atoms with Crippen LogP contribution in [0.4, 0.5) is 0 Å². The van der Waals surface area contributed by atoms with Gasteiger partial charge in [-0.2, -0.15) is 0 Å². The quantitative estimate of drug-likeness (QED) is 0.292. The molecule has 4 heteroatoms. The fraction of sp³-hybridized carbons (Fsp3) is 0.889. The summed E-state index contributed by atoms with van der Waals surface area (Å²) in [6.45, 7) is 2.77. The number of nitrogens with zero attached hydrogens (tertiary/aromatic N) is 2. The van der Waals surface area contributed by atoms with Crippen LogP contribution >= 0.6 is 0 Å². The van der Waals surface area contributed by atoms with Crippen molar-refractivity contribution in [2.75, 3.05) is 19.6 Å². The topological polar surface area (TPSA) is 61.8 Å². The molecule has 0 aromatic rings. The molecule has 0 amide bonds. The number of rotatable bonds is 2. The second-order valence-electron chi connectivity index (χ2n) is 3.64. The van der Waals surface area contributed by atoms with E-state index in [4.69, 9.17) is 10.9 Å². The Morgan fingerprint density at radius 3 is 2.23 bits per heavy atom. The molecule has 1 rings (SSSR count). The van der Waals surface area contributed by atoms with E-state index < -0.39 is 0 Å². The van der Waals surface area contributed by atoms with Crippen molar-refractivity contribution in [2.45, 2.75) is 32.1 Å². The highest BCUT2D eigenvalue weighted by Crippen LogP contribution is 2.09. The molecule has 1 heterocycles. The summed E-state index contributed by atoms with van der Waals surface area (Å²) < 4.78 is 0. The number of hydrogen-bond donors (Lipinski definition) is 2. The van der Waals surface area contributed by atoms with Crippen molar-refractivity contribution in [3.8, 4) is 0 Å². The second-order valence-corrected chi connectivity index (χ2v) is 3.64. The molecule has 1 aliphatic rings. The third-order valence-electron chi connectivity index (χ3n) is 2.46. The Labute approximate surface area is 79.4 Å². The first kappa shape index (κ1) is 10.3. The van der Waals surface area contributed by atoms with E-state index in [-0.39, 0.29) is 0 Å². The molecule has 1 fully saturated rings. The summed E-state index contributed by atoms with van der Waals surface area (Å²) in [5.41, 5.74) is 5.45. The Hall–Kier alpha value is -0.770. The normalized spacial score (nSPS) is 22.3. The zero-order valence-corrected chi connectivity index (χ0v) is 8.08. The highest BCUT2D eigenvalue weighted by Gasteiger charge is 2.08. The van der Waals surface area contributed by atoms with Crippen LogP contribution in [0.3, 0.4) is 0 Å². The van der Waals surface area contributed by atoms with E-state index in [1.54, 1.807) is 0 Å². The third kappa shape index (κ3) is 4.12. The molecule has 0 aliphatic carbocycles. The Morgan fingerprint density at radius 1 is 1.15 bits per heavy atom. The smallest absolute Gasteiger partial charge is 0.153 e. The maximum Gasteiger partial charge on any atom is 0.153 e. The van der Waals surface area contributed by atoms with Crippen LogP contribution in [0.1, 0.15) is 32.1 Å². The van der Waals surface area contributed by atoms with Gasteiger partial charge >= 0.3 is 0 Å². The molecule has 0 atom stereocenters. The van der Waals surface area contributed by atoms with Crippen LogP contribution in [0.5, 0.6) is 0 Å². The lowest BCUT2D eigenvalue weighted by Crippen LogP contribution is -2.36. The molecule has 0 aromatic carbocycles. The predicted octanol–water partition coefficient (Wildman–Crippen LogP) is 0.999. The van der Waals surface area contributed by atoms with Crippen molar-refractivity contribution in [3.05, 3.63) is 0 Å². The van der Waals surface area contributed by atoms with Crippen molar-refractivity contribution in [3.63, 3.8) is 0 Å². The zero-order chi connectivity index (χ0) is 9.52. The molecular formula is C9H19N3O. The Kier molecular flexibility index (Phi) is 4.60. The van der Waals surface area contributed by atoms with Gasteiger partial charge in [0.15, 0.2) is 5.84 Å². The Bertz CT molecular complexity index is 162. The van der Waals surface area contributed by atoms with Gasteiger partial charge in [-0.05, 0) is 25.9 Å². The van der Waals surface area contributed by atoms with E-state index in [9.17, 15) is 0 Å². The van der Waals surface area contributed by atoms with Crippen LogP contribution in [0.2, 0.25) is 0 Å². The van der Waals surface area contributed by atoms with Crippen LogP contribution in [0.15, 0.2) is 5.16 Å². The minimum absolute atomic E-state index is 0.320. The van der Waals surface area contributed by atoms with E-state index in [2.05, 4.69) is 10.1 Å². The standard InChI is InChI=1S/C9H19N3O/c10-9(11-13)8-12-6-4-2-1-3-5-7-12/h13H,1-8H2,(H2,10,11). The predicted molar refractivity (Wildman–Crippen MR) is 52.9 cm³/mol. The first-order valence-electron chi connectivity index (χ1n) is 5.01. The van der Waals surface area contributed by atoms with E-state index in [0.29, 0.717) is 12.4 Å². The van der Waals surface area contributed by atoms with Gasteiger partial charge in [-0.3, -0.25) is 4.90 Å². The summed E-state index contributed by atoms with van der Waals surface area (Å²) in [7, 11) is 0. The lowest BCUT2D eigenvalue weighted by atomic mass is 10.1. The molecule has 1 aliphatic heterocycles. The molecule has 0 saturated carbocycles. The van der Waals surface area contributed by atoms with Gasteiger partial charge in [0.1, 0.15) is 0 Å².